The van der Waals surface area contributed by atoms with Gasteiger partial charge in [-0.3, -0.25) is 0 Å². The molecular weight excluding hydrogens is 230 g/mol. The summed E-state index contributed by atoms with van der Waals surface area (Å²) in [6.07, 6.45) is 0. The number of hydrogen-bond donors (Lipinski definition) is 2. The van der Waals surface area contributed by atoms with E-state index in [2.05, 4.69) is 10.2 Å². The molecule has 1 aromatic carbocycles. The minimum atomic E-state index is -0.403. The van der Waals surface area contributed by atoms with Crippen LogP contribution < -0.4 is 16.0 Å². The fourth-order valence-corrected chi connectivity index (χ4v) is 1.69. The number of methoxy groups -OCH3 is 1. The second-order valence-electron chi connectivity index (χ2n) is 4.24. The molecule has 0 unspecified atom stereocenters. The van der Waals surface area contributed by atoms with Crippen molar-refractivity contribution in [3.8, 4) is 0 Å². The number of nitrogens with zero attached hydrogens (tertiary/aromatic N) is 1. The first-order valence-corrected chi connectivity index (χ1v) is 5.85. The number of nitrogen functional groups attached to an aromatic ring is 1. The fraction of sp³-hybridized carbons (Fsp3) is 0.462. The summed E-state index contributed by atoms with van der Waals surface area (Å²) in [5, 5.41) is 3.08. The monoisotopic (exact) mass is 251 g/mol. The van der Waals surface area contributed by atoms with Crippen LogP contribution in [-0.2, 0) is 4.74 Å². The zero-order chi connectivity index (χ0) is 13.7. The molecule has 1 rings (SSSR count). The van der Waals surface area contributed by atoms with Crippen LogP contribution in [0.4, 0.5) is 11.4 Å². The van der Waals surface area contributed by atoms with Crippen LogP contribution in [0.2, 0.25) is 0 Å². The van der Waals surface area contributed by atoms with Gasteiger partial charge in [0.25, 0.3) is 0 Å². The average molecular weight is 251 g/mol. The SMILES string of the molecule is CNCCN(C)c1cc(C)c(N)c(C(=O)OC)c1. The van der Waals surface area contributed by atoms with Gasteiger partial charge in [-0.05, 0) is 31.7 Å². The number of aryl methyl sites for hydroxylation is 1. The summed E-state index contributed by atoms with van der Waals surface area (Å²) in [6, 6.07) is 3.74. The van der Waals surface area contributed by atoms with E-state index in [4.69, 9.17) is 10.5 Å². The maximum Gasteiger partial charge on any atom is 0.340 e. The summed E-state index contributed by atoms with van der Waals surface area (Å²) in [4.78, 5) is 13.7. The molecule has 1 aromatic rings. The summed E-state index contributed by atoms with van der Waals surface area (Å²) >= 11 is 0. The number of benzene rings is 1. The number of ether oxygens (including phenoxy) is 1. The Morgan fingerprint density at radius 3 is 2.72 bits per heavy atom. The Bertz CT molecular complexity index is 432. The van der Waals surface area contributed by atoms with E-state index >= 15 is 0 Å². The van der Waals surface area contributed by atoms with Crippen LogP contribution in [-0.4, -0.2) is 40.3 Å². The van der Waals surface area contributed by atoms with Gasteiger partial charge in [0.05, 0.1) is 12.7 Å². The number of nitrogens with two attached hydrogens (primary N) is 1. The minimum Gasteiger partial charge on any atom is -0.465 e. The molecule has 3 N–H and O–H groups in total. The van der Waals surface area contributed by atoms with Crippen LogP contribution in [0, 0.1) is 6.92 Å². The molecule has 0 heterocycles. The third-order valence-corrected chi connectivity index (χ3v) is 2.91. The molecule has 0 radical (unpaired) electrons. The number of esters is 1. The van der Waals surface area contributed by atoms with Crippen LogP contribution in [0.25, 0.3) is 0 Å². The second-order valence-corrected chi connectivity index (χ2v) is 4.24. The molecule has 5 heteroatoms. The largest absolute Gasteiger partial charge is 0.465 e. The van der Waals surface area contributed by atoms with Crippen molar-refractivity contribution in [1.82, 2.24) is 5.32 Å². The number of nitrogens with one attached hydrogen (secondary N) is 1. The van der Waals surface area contributed by atoms with Gasteiger partial charge in [0, 0.05) is 31.5 Å². The molecule has 0 spiro atoms. The molecular formula is C13H21N3O2. The van der Waals surface area contributed by atoms with Gasteiger partial charge in [-0.1, -0.05) is 0 Å². The van der Waals surface area contributed by atoms with E-state index in [1.807, 2.05) is 27.1 Å². The number of anilines is 2. The minimum absolute atomic E-state index is 0.403. The van der Waals surface area contributed by atoms with Crippen molar-refractivity contribution in [1.29, 1.82) is 0 Å². The Labute approximate surface area is 108 Å². The summed E-state index contributed by atoms with van der Waals surface area (Å²) in [5.74, 6) is -0.403. The predicted octanol–water partition coefficient (Wildman–Crippen LogP) is 1.02. The third kappa shape index (κ3) is 3.13. The predicted molar refractivity (Wildman–Crippen MR) is 74.1 cm³/mol. The molecule has 0 aliphatic heterocycles. The second kappa shape index (κ2) is 6.26. The standard InChI is InChI=1S/C13H21N3O2/c1-9-7-10(16(3)6-5-15-2)8-11(12(9)14)13(17)18-4/h7-8,15H,5-6,14H2,1-4H3. The highest BCUT2D eigenvalue weighted by molar-refractivity contribution is 5.97. The Morgan fingerprint density at radius 1 is 1.50 bits per heavy atom. The topological polar surface area (TPSA) is 67.6 Å². The van der Waals surface area contributed by atoms with Crippen LogP contribution in [0.5, 0.6) is 0 Å². The van der Waals surface area contributed by atoms with Crippen LogP contribution >= 0.6 is 0 Å². The molecule has 0 aliphatic rings. The maximum atomic E-state index is 11.6. The third-order valence-electron chi connectivity index (χ3n) is 2.91. The zero-order valence-corrected chi connectivity index (χ0v) is 11.4. The number of hydrogen-bond acceptors (Lipinski definition) is 5. The number of carbonyl (C=O) groups is 1. The van der Waals surface area contributed by atoms with Crippen molar-refractivity contribution >= 4 is 17.3 Å². The summed E-state index contributed by atoms with van der Waals surface area (Å²) < 4.78 is 4.74. The summed E-state index contributed by atoms with van der Waals surface area (Å²) in [6.45, 7) is 3.60. The molecule has 0 amide bonds. The van der Waals surface area contributed by atoms with Crippen molar-refractivity contribution in [3.63, 3.8) is 0 Å². The van der Waals surface area contributed by atoms with Crippen LogP contribution in [0.15, 0.2) is 12.1 Å². The van der Waals surface area contributed by atoms with E-state index in [0.29, 0.717) is 11.3 Å². The highest BCUT2D eigenvalue weighted by Crippen LogP contribution is 2.25. The molecule has 0 aromatic heterocycles. The Hall–Kier alpha value is -1.75. The van der Waals surface area contributed by atoms with E-state index in [9.17, 15) is 4.79 Å². The van der Waals surface area contributed by atoms with Gasteiger partial charge in [-0.2, -0.15) is 0 Å². The van der Waals surface area contributed by atoms with E-state index in [0.717, 1.165) is 24.3 Å². The first-order valence-electron chi connectivity index (χ1n) is 5.85. The van der Waals surface area contributed by atoms with Crippen molar-refractivity contribution in [3.05, 3.63) is 23.3 Å². The smallest absolute Gasteiger partial charge is 0.340 e. The molecule has 5 nitrogen and oxygen atoms in total. The number of carbonyl (C=O) groups excluding carboxylic acids is 1. The zero-order valence-electron chi connectivity index (χ0n) is 11.4. The lowest BCUT2D eigenvalue weighted by atomic mass is 10.1. The Balaban J connectivity index is 3.07. The van der Waals surface area contributed by atoms with E-state index in [1.165, 1.54) is 7.11 Å². The van der Waals surface area contributed by atoms with Crippen LogP contribution in [0.3, 0.4) is 0 Å². The molecule has 0 saturated heterocycles. The van der Waals surface area contributed by atoms with Gasteiger partial charge in [0.15, 0.2) is 0 Å². The Morgan fingerprint density at radius 2 is 2.17 bits per heavy atom. The maximum absolute atomic E-state index is 11.6. The fourth-order valence-electron chi connectivity index (χ4n) is 1.69. The average Bonchev–Trinajstić information content (AvgIpc) is 2.37. The van der Waals surface area contributed by atoms with Gasteiger partial charge in [0.1, 0.15) is 0 Å². The number of likely N-dealkylation sites (N-methyl/N-ethyl adjacent to an activating group) is 2. The summed E-state index contributed by atoms with van der Waals surface area (Å²) in [7, 11) is 5.24. The van der Waals surface area contributed by atoms with Gasteiger partial charge in [-0.25, -0.2) is 4.79 Å². The molecule has 0 aliphatic carbocycles. The molecule has 0 bridgehead atoms. The first kappa shape index (κ1) is 14.3. The van der Waals surface area contributed by atoms with Crippen LogP contribution in [0.1, 0.15) is 15.9 Å². The van der Waals surface area contributed by atoms with Gasteiger partial charge in [-0.15, -0.1) is 0 Å². The lowest BCUT2D eigenvalue weighted by Gasteiger charge is -2.21. The molecule has 0 atom stereocenters. The lowest BCUT2D eigenvalue weighted by molar-refractivity contribution is 0.0602. The van der Waals surface area contributed by atoms with Crippen molar-refractivity contribution < 1.29 is 9.53 Å². The highest BCUT2D eigenvalue weighted by Gasteiger charge is 2.14. The summed E-state index contributed by atoms with van der Waals surface area (Å²) in [5.41, 5.74) is 8.63. The lowest BCUT2D eigenvalue weighted by Crippen LogP contribution is -2.27. The number of rotatable bonds is 5. The first-order chi connectivity index (χ1) is 8.51. The molecule has 18 heavy (non-hydrogen) atoms. The molecule has 0 saturated carbocycles. The van der Waals surface area contributed by atoms with Crippen molar-refractivity contribution in [2.75, 3.05) is 44.9 Å². The highest BCUT2D eigenvalue weighted by atomic mass is 16.5. The van der Waals surface area contributed by atoms with E-state index in [-0.39, 0.29) is 0 Å². The van der Waals surface area contributed by atoms with Gasteiger partial charge >= 0.3 is 5.97 Å². The van der Waals surface area contributed by atoms with Crippen molar-refractivity contribution in [2.24, 2.45) is 0 Å². The van der Waals surface area contributed by atoms with Gasteiger partial charge in [0.2, 0.25) is 0 Å². The van der Waals surface area contributed by atoms with Crippen molar-refractivity contribution in [2.45, 2.75) is 6.92 Å². The van der Waals surface area contributed by atoms with E-state index in [1.54, 1.807) is 6.07 Å². The normalized spacial score (nSPS) is 10.2. The van der Waals surface area contributed by atoms with E-state index < -0.39 is 5.97 Å². The molecule has 0 fully saturated rings. The quantitative estimate of drug-likeness (QED) is 0.604. The Kier molecular flexibility index (Phi) is 4.97. The molecule has 100 valence electrons. The van der Waals surface area contributed by atoms with Gasteiger partial charge < -0.3 is 20.7 Å².